The molecule has 2 rings (SSSR count). The number of carbonyl (C=O) groups is 2. The molecule has 0 saturated carbocycles. The van der Waals surface area contributed by atoms with Gasteiger partial charge in [0, 0.05) is 12.0 Å². The molecular formula is C13H13NO3. The first-order valence-electron chi connectivity index (χ1n) is 5.39. The van der Waals surface area contributed by atoms with Crippen LogP contribution in [0, 0.1) is 0 Å². The van der Waals surface area contributed by atoms with Crippen molar-refractivity contribution in [3.05, 3.63) is 48.0 Å². The number of rotatable bonds is 3. The van der Waals surface area contributed by atoms with Crippen molar-refractivity contribution in [3.8, 4) is 0 Å². The Hall–Kier alpha value is -2.10. The van der Waals surface area contributed by atoms with Crippen LogP contribution in [-0.4, -0.2) is 30.1 Å². The zero-order chi connectivity index (χ0) is 12.3. The Morgan fingerprint density at radius 3 is 2.65 bits per heavy atom. The van der Waals surface area contributed by atoms with E-state index in [1.807, 2.05) is 30.3 Å². The molecule has 0 aliphatic carbocycles. The van der Waals surface area contributed by atoms with E-state index < -0.39 is 6.09 Å². The maximum atomic E-state index is 11.9. The van der Waals surface area contributed by atoms with E-state index >= 15 is 0 Å². The van der Waals surface area contributed by atoms with Crippen molar-refractivity contribution in [2.75, 3.05) is 13.2 Å². The van der Waals surface area contributed by atoms with E-state index in [4.69, 9.17) is 4.74 Å². The maximum Gasteiger partial charge on any atom is 0.416 e. The van der Waals surface area contributed by atoms with Crippen molar-refractivity contribution in [2.45, 2.75) is 6.42 Å². The molecule has 1 aromatic rings. The van der Waals surface area contributed by atoms with Crippen LogP contribution in [0.1, 0.15) is 5.56 Å². The summed E-state index contributed by atoms with van der Waals surface area (Å²) in [6.45, 7) is 4.31. The van der Waals surface area contributed by atoms with Crippen LogP contribution in [-0.2, 0) is 16.0 Å². The molecular weight excluding hydrogens is 218 g/mol. The first-order chi connectivity index (χ1) is 8.18. The van der Waals surface area contributed by atoms with Crippen LogP contribution in [0.3, 0.4) is 0 Å². The topological polar surface area (TPSA) is 46.6 Å². The van der Waals surface area contributed by atoms with Gasteiger partial charge in [0.2, 0.25) is 0 Å². The molecule has 1 aliphatic heterocycles. The van der Waals surface area contributed by atoms with Crippen LogP contribution in [0.5, 0.6) is 0 Å². The van der Waals surface area contributed by atoms with Crippen LogP contribution in [0.15, 0.2) is 42.5 Å². The van der Waals surface area contributed by atoms with E-state index in [1.54, 1.807) is 0 Å². The third-order valence-electron chi connectivity index (χ3n) is 2.57. The number of nitrogens with zero attached hydrogens (tertiary/aromatic N) is 1. The molecule has 4 nitrogen and oxygen atoms in total. The molecule has 2 amide bonds. The van der Waals surface area contributed by atoms with Gasteiger partial charge in [-0.15, -0.1) is 0 Å². The van der Waals surface area contributed by atoms with Crippen LogP contribution < -0.4 is 0 Å². The SMILES string of the molecule is C=C(Cc1ccccc1)C(=O)N1CCOC1=O. The highest BCUT2D eigenvalue weighted by Gasteiger charge is 2.29. The molecule has 0 aromatic heterocycles. The number of carbonyl (C=O) groups excluding carboxylic acids is 2. The monoisotopic (exact) mass is 231 g/mol. The minimum absolute atomic E-state index is 0.267. The summed E-state index contributed by atoms with van der Waals surface area (Å²) >= 11 is 0. The second kappa shape index (κ2) is 4.82. The number of amides is 2. The number of ether oxygens (including phenoxy) is 1. The minimum atomic E-state index is -0.579. The Morgan fingerprint density at radius 1 is 1.35 bits per heavy atom. The van der Waals surface area contributed by atoms with Crippen LogP contribution in [0.4, 0.5) is 4.79 Å². The molecule has 0 radical (unpaired) electrons. The summed E-state index contributed by atoms with van der Waals surface area (Å²) in [4.78, 5) is 24.2. The zero-order valence-corrected chi connectivity index (χ0v) is 9.39. The smallest absolute Gasteiger partial charge is 0.416 e. The molecule has 1 aromatic carbocycles. The summed E-state index contributed by atoms with van der Waals surface area (Å²) in [5, 5.41) is 0. The molecule has 0 unspecified atom stereocenters. The first-order valence-corrected chi connectivity index (χ1v) is 5.39. The van der Waals surface area contributed by atoms with Gasteiger partial charge in [-0.1, -0.05) is 36.9 Å². The molecule has 0 N–H and O–H groups in total. The zero-order valence-electron chi connectivity index (χ0n) is 9.39. The number of cyclic esters (lactones) is 1. The lowest BCUT2D eigenvalue weighted by Crippen LogP contribution is -2.33. The van der Waals surface area contributed by atoms with Gasteiger partial charge in [-0.05, 0) is 5.56 Å². The lowest BCUT2D eigenvalue weighted by molar-refractivity contribution is -0.123. The van der Waals surface area contributed by atoms with Crippen LogP contribution in [0.25, 0.3) is 0 Å². The van der Waals surface area contributed by atoms with Gasteiger partial charge in [0.15, 0.2) is 0 Å². The van der Waals surface area contributed by atoms with Crippen molar-refractivity contribution in [3.63, 3.8) is 0 Å². The van der Waals surface area contributed by atoms with E-state index in [0.717, 1.165) is 10.5 Å². The predicted molar refractivity (Wildman–Crippen MR) is 62.3 cm³/mol. The van der Waals surface area contributed by atoms with E-state index in [9.17, 15) is 9.59 Å². The van der Waals surface area contributed by atoms with Gasteiger partial charge < -0.3 is 4.74 Å². The lowest BCUT2D eigenvalue weighted by atomic mass is 10.1. The molecule has 1 fully saturated rings. The molecule has 1 heterocycles. The van der Waals surface area contributed by atoms with Gasteiger partial charge in [-0.3, -0.25) is 4.79 Å². The lowest BCUT2D eigenvalue weighted by Gasteiger charge is -2.12. The normalized spacial score (nSPS) is 14.6. The van der Waals surface area contributed by atoms with Gasteiger partial charge in [0.05, 0.1) is 6.54 Å². The third kappa shape index (κ3) is 2.53. The third-order valence-corrected chi connectivity index (χ3v) is 2.57. The summed E-state index contributed by atoms with van der Waals surface area (Å²) in [5.41, 5.74) is 1.40. The average molecular weight is 231 g/mol. The van der Waals surface area contributed by atoms with Crippen molar-refractivity contribution >= 4 is 12.0 Å². The average Bonchev–Trinajstić information content (AvgIpc) is 2.76. The van der Waals surface area contributed by atoms with E-state index in [2.05, 4.69) is 6.58 Å². The Morgan fingerprint density at radius 2 is 2.06 bits per heavy atom. The highest BCUT2D eigenvalue weighted by Crippen LogP contribution is 2.12. The van der Waals surface area contributed by atoms with E-state index in [-0.39, 0.29) is 12.5 Å². The molecule has 0 bridgehead atoms. The van der Waals surface area contributed by atoms with Crippen molar-refractivity contribution in [1.29, 1.82) is 0 Å². The minimum Gasteiger partial charge on any atom is -0.447 e. The van der Waals surface area contributed by atoms with E-state index in [1.165, 1.54) is 0 Å². The molecule has 0 atom stereocenters. The molecule has 1 saturated heterocycles. The quantitative estimate of drug-likeness (QED) is 0.745. The summed E-state index contributed by atoms with van der Waals surface area (Å²) in [6.07, 6.45) is -0.132. The highest BCUT2D eigenvalue weighted by molar-refractivity contribution is 6.02. The summed E-state index contributed by atoms with van der Waals surface area (Å²) in [7, 11) is 0. The van der Waals surface area contributed by atoms with Crippen molar-refractivity contribution in [2.24, 2.45) is 0 Å². The second-order valence-electron chi connectivity index (χ2n) is 3.84. The van der Waals surface area contributed by atoms with Crippen LogP contribution >= 0.6 is 0 Å². The molecule has 0 spiro atoms. The van der Waals surface area contributed by atoms with Crippen molar-refractivity contribution in [1.82, 2.24) is 4.90 Å². The van der Waals surface area contributed by atoms with Gasteiger partial charge in [0.25, 0.3) is 5.91 Å². The second-order valence-corrected chi connectivity index (χ2v) is 3.84. The molecule has 4 heteroatoms. The van der Waals surface area contributed by atoms with Gasteiger partial charge >= 0.3 is 6.09 Å². The molecule has 1 aliphatic rings. The van der Waals surface area contributed by atoms with Gasteiger partial charge in [-0.25, -0.2) is 9.69 Å². The number of hydrogen-bond donors (Lipinski definition) is 0. The fraction of sp³-hybridized carbons (Fsp3) is 0.231. The number of imide groups is 1. The fourth-order valence-electron chi connectivity index (χ4n) is 1.69. The molecule has 88 valence electrons. The Kier molecular flexibility index (Phi) is 3.23. The number of hydrogen-bond acceptors (Lipinski definition) is 3. The standard InChI is InChI=1S/C13H13NO3/c1-10(9-11-5-3-2-4-6-11)12(15)14-7-8-17-13(14)16/h2-6H,1,7-9H2. The maximum absolute atomic E-state index is 11.9. The Balaban J connectivity index is 2.01. The first kappa shape index (κ1) is 11.4. The van der Waals surface area contributed by atoms with Crippen LogP contribution in [0.2, 0.25) is 0 Å². The van der Waals surface area contributed by atoms with E-state index in [0.29, 0.717) is 18.5 Å². The largest absolute Gasteiger partial charge is 0.447 e. The summed E-state index contributed by atoms with van der Waals surface area (Å²) < 4.78 is 4.71. The van der Waals surface area contributed by atoms with Crippen molar-refractivity contribution < 1.29 is 14.3 Å². The molecule has 17 heavy (non-hydrogen) atoms. The fourth-order valence-corrected chi connectivity index (χ4v) is 1.69. The van der Waals surface area contributed by atoms with Gasteiger partial charge in [0.1, 0.15) is 6.61 Å². The summed E-state index contributed by atoms with van der Waals surface area (Å²) in [5.74, 6) is -0.351. The Labute approximate surface area is 99.5 Å². The highest BCUT2D eigenvalue weighted by atomic mass is 16.6. The Bertz CT molecular complexity index is 453. The summed E-state index contributed by atoms with van der Waals surface area (Å²) in [6, 6.07) is 9.54. The van der Waals surface area contributed by atoms with Gasteiger partial charge in [-0.2, -0.15) is 0 Å². The predicted octanol–water partition coefficient (Wildman–Crippen LogP) is 1.76. The number of benzene rings is 1.